The van der Waals surface area contributed by atoms with Crippen molar-refractivity contribution in [2.45, 2.75) is 71.9 Å². The highest BCUT2D eigenvalue weighted by Gasteiger charge is 2.22. The minimum atomic E-state index is 0.210. The van der Waals surface area contributed by atoms with Gasteiger partial charge < -0.3 is 5.73 Å². The molecule has 0 aromatic heterocycles. The monoisotopic (exact) mass is 392 g/mol. The van der Waals surface area contributed by atoms with E-state index in [1.165, 1.54) is 54.5 Å². The van der Waals surface area contributed by atoms with E-state index >= 15 is 0 Å². The lowest BCUT2D eigenvalue weighted by molar-refractivity contribution is 0.170. The Morgan fingerprint density at radius 2 is 1.48 bits per heavy atom. The second-order valence-electron chi connectivity index (χ2n) is 10.2. The van der Waals surface area contributed by atoms with E-state index in [1.54, 1.807) is 0 Å². The summed E-state index contributed by atoms with van der Waals surface area (Å²) in [6, 6.07) is 18.3. The summed E-state index contributed by atoms with van der Waals surface area (Å²) in [5.74, 6) is 1.55. The molecule has 0 spiro atoms. The molecule has 0 aliphatic heterocycles. The van der Waals surface area contributed by atoms with E-state index in [4.69, 9.17) is 5.73 Å². The predicted molar refractivity (Wildman–Crippen MR) is 125 cm³/mol. The van der Waals surface area contributed by atoms with Gasteiger partial charge in [-0.1, -0.05) is 74.9 Å². The van der Waals surface area contributed by atoms with E-state index in [0.717, 1.165) is 31.5 Å². The van der Waals surface area contributed by atoms with Gasteiger partial charge in [0.05, 0.1) is 0 Å². The lowest BCUT2D eigenvalue weighted by Crippen LogP contribution is -2.32. The van der Waals surface area contributed by atoms with Gasteiger partial charge in [0.25, 0.3) is 0 Å². The van der Waals surface area contributed by atoms with Crippen molar-refractivity contribution >= 4 is 0 Å². The lowest BCUT2D eigenvalue weighted by atomic mass is 9.81. The summed E-state index contributed by atoms with van der Waals surface area (Å²) in [5, 5.41) is 0. The number of hydrogen-bond donors (Lipinski definition) is 1. The molecule has 0 amide bonds. The first-order chi connectivity index (χ1) is 13.8. The van der Waals surface area contributed by atoms with Crippen molar-refractivity contribution in [2.75, 3.05) is 13.1 Å². The largest absolute Gasteiger partial charge is 0.330 e. The van der Waals surface area contributed by atoms with Crippen LogP contribution >= 0.6 is 0 Å². The molecule has 0 saturated heterocycles. The van der Waals surface area contributed by atoms with Crippen LogP contribution in [0.1, 0.15) is 68.7 Å². The molecule has 1 saturated carbocycles. The Balaban J connectivity index is 1.70. The predicted octanol–water partition coefficient (Wildman–Crippen LogP) is 6.06. The molecule has 0 unspecified atom stereocenters. The molecule has 158 valence electrons. The Labute approximate surface area is 178 Å². The number of hydrogen-bond acceptors (Lipinski definition) is 2. The Kier molecular flexibility index (Phi) is 7.54. The van der Waals surface area contributed by atoms with Crippen LogP contribution in [0.15, 0.2) is 48.5 Å². The SMILES string of the molecule is Cc1cccc(CN(Cc2ccc(C(C)(C)C)cc2)CC2CCC(CN)CC2)c1. The molecular formula is C27H40N2. The second-order valence-corrected chi connectivity index (χ2v) is 10.2. The molecule has 29 heavy (non-hydrogen) atoms. The molecule has 2 aromatic rings. The Morgan fingerprint density at radius 1 is 0.862 bits per heavy atom. The van der Waals surface area contributed by atoms with Gasteiger partial charge in [-0.25, -0.2) is 0 Å². The fraction of sp³-hybridized carbons (Fsp3) is 0.556. The summed E-state index contributed by atoms with van der Waals surface area (Å²) in [7, 11) is 0. The van der Waals surface area contributed by atoms with Crippen LogP contribution in [0.2, 0.25) is 0 Å². The number of benzene rings is 2. The summed E-state index contributed by atoms with van der Waals surface area (Å²) in [6.45, 7) is 13.1. The van der Waals surface area contributed by atoms with Gasteiger partial charge in [-0.05, 0) is 73.1 Å². The van der Waals surface area contributed by atoms with E-state index in [9.17, 15) is 0 Å². The van der Waals surface area contributed by atoms with E-state index < -0.39 is 0 Å². The van der Waals surface area contributed by atoms with Gasteiger partial charge in [0.1, 0.15) is 0 Å². The fourth-order valence-corrected chi connectivity index (χ4v) is 4.64. The van der Waals surface area contributed by atoms with Crippen LogP contribution in [0.4, 0.5) is 0 Å². The van der Waals surface area contributed by atoms with E-state index in [2.05, 4.69) is 81.1 Å². The first kappa shape index (κ1) is 22.1. The van der Waals surface area contributed by atoms with Crippen molar-refractivity contribution in [3.63, 3.8) is 0 Å². The minimum absolute atomic E-state index is 0.210. The Bertz CT molecular complexity index is 749. The van der Waals surface area contributed by atoms with E-state index in [1.807, 2.05) is 0 Å². The minimum Gasteiger partial charge on any atom is -0.330 e. The number of rotatable bonds is 7. The molecular weight excluding hydrogens is 352 g/mol. The van der Waals surface area contributed by atoms with Crippen molar-refractivity contribution < 1.29 is 0 Å². The van der Waals surface area contributed by atoms with E-state index in [0.29, 0.717) is 0 Å². The third-order valence-electron chi connectivity index (χ3n) is 6.53. The molecule has 2 aromatic carbocycles. The van der Waals surface area contributed by atoms with Gasteiger partial charge in [-0.2, -0.15) is 0 Å². The zero-order chi connectivity index (χ0) is 20.9. The molecule has 0 bridgehead atoms. The first-order valence-corrected chi connectivity index (χ1v) is 11.4. The third kappa shape index (κ3) is 6.69. The topological polar surface area (TPSA) is 29.3 Å². The zero-order valence-corrected chi connectivity index (χ0v) is 19.0. The number of nitrogens with two attached hydrogens (primary N) is 1. The van der Waals surface area contributed by atoms with Crippen LogP contribution in [0.5, 0.6) is 0 Å². The van der Waals surface area contributed by atoms with Crippen LogP contribution in [0.25, 0.3) is 0 Å². The summed E-state index contributed by atoms with van der Waals surface area (Å²) in [4.78, 5) is 2.66. The molecule has 1 fully saturated rings. The Morgan fingerprint density at radius 3 is 2.07 bits per heavy atom. The van der Waals surface area contributed by atoms with Crippen LogP contribution in [0.3, 0.4) is 0 Å². The maximum Gasteiger partial charge on any atom is 0.0237 e. The molecule has 2 heteroatoms. The van der Waals surface area contributed by atoms with Crippen molar-refractivity contribution in [2.24, 2.45) is 17.6 Å². The standard InChI is InChI=1S/C27H40N2/c1-21-6-5-7-25(16-21)20-29(18-23-10-8-22(17-28)9-11-23)19-24-12-14-26(15-13-24)27(2,3)4/h5-7,12-16,22-23H,8-11,17-20,28H2,1-4H3. The van der Waals surface area contributed by atoms with Crippen LogP contribution in [-0.2, 0) is 18.5 Å². The Hall–Kier alpha value is -1.64. The van der Waals surface area contributed by atoms with Crippen molar-refractivity contribution in [1.82, 2.24) is 4.90 Å². The maximum absolute atomic E-state index is 5.90. The van der Waals surface area contributed by atoms with Gasteiger partial charge in [-0.15, -0.1) is 0 Å². The smallest absolute Gasteiger partial charge is 0.0237 e. The van der Waals surface area contributed by atoms with Crippen molar-refractivity contribution in [3.05, 3.63) is 70.8 Å². The first-order valence-electron chi connectivity index (χ1n) is 11.4. The summed E-state index contributed by atoms with van der Waals surface area (Å²) in [5.41, 5.74) is 11.7. The average molecular weight is 393 g/mol. The molecule has 1 aliphatic rings. The summed E-state index contributed by atoms with van der Waals surface area (Å²) < 4.78 is 0. The van der Waals surface area contributed by atoms with Crippen molar-refractivity contribution in [1.29, 1.82) is 0 Å². The average Bonchev–Trinajstić information content (AvgIpc) is 2.68. The molecule has 0 radical (unpaired) electrons. The maximum atomic E-state index is 5.90. The molecule has 2 N–H and O–H groups in total. The van der Waals surface area contributed by atoms with Gasteiger partial charge >= 0.3 is 0 Å². The van der Waals surface area contributed by atoms with Crippen LogP contribution in [-0.4, -0.2) is 18.0 Å². The quantitative estimate of drug-likeness (QED) is 0.620. The zero-order valence-electron chi connectivity index (χ0n) is 19.0. The number of nitrogens with zero attached hydrogens (tertiary/aromatic N) is 1. The molecule has 3 rings (SSSR count). The van der Waals surface area contributed by atoms with Crippen LogP contribution < -0.4 is 5.73 Å². The highest BCUT2D eigenvalue weighted by Crippen LogP contribution is 2.30. The van der Waals surface area contributed by atoms with Gasteiger partial charge in [0.2, 0.25) is 0 Å². The normalized spacial score (nSPS) is 20.2. The molecule has 0 atom stereocenters. The van der Waals surface area contributed by atoms with Crippen molar-refractivity contribution in [3.8, 4) is 0 Å². The van der Waals surface area contributed by atoms with Gasteiger partial charge in [0, 0.05) is 19.6 Å². The molecule has 2 nitrogen and oxygen atoms in total. The van der Waals surface area contributed by atoms with Gasteiger partial charge in [0.15, 0.2) is 0 Å². The molecule has 1 aliphatic carbocycles. The fourth-order valence-electron chi connectivity index (χ4n) is 4.64. The molecule has 0 heterocycles. The summed E-state index contributed by atoms with van der Waals surface area (Å²) >= 11 is 0. The van der Waals surface area contributed by atoms with Crippen LogP contribution in [0, 0.1) is 18.8 Å². The second kappa shape index (κ2) is 9.91. The summed E-state index contributed by atoms with van der Waals surface area (Å²) in [6.07, 6.45) is 5.27. The highest BCUT2D eigenvalue weighted by atomic mass is 15.1. The third-order valence-corrected chi connectivity index (χ3v) is 6.53. The van der Waals surface area contributed by atoms with E-state index in [-0.39, 0.29) is 5.41 Å². The number of aryl methyl sites for hydroxylation is 1. The van der Waals surface area contributed by atoms with Gasteiger partial charge in [-0.3, -0.25) is 4.90 Å². The lowest BCUT2D eigenvalue weighted by Gasteiger charge is -2.32. The highest BCUT2D eigenvalue weighted by molar-refractivity contribution is 5.28.